The second-order valence-corrected chi connectivity index (χ2v) is 5.74. The van der Waals surface area contributed by atoms with Crippen LogP contribution in [0.25, 0.3) is 0 Å². The Labute approximate surface area is 155 Å². The van der Waals surface area contributed by atoms with E-state index in [4.69, 9.17) is 19.1 Å². The summed E-state index contributed by atoms with van der Waals surface area (Å²) in [6, 6.07) is 13.6. The summed E-state index contributed by atoms with van der Waals surface area (Å²) in [4.78, 5) is 15.2. The molecular formula is C20H18N2O5. The Kier molecular flexibility index (Phi) is 5.51. The summed E-state index contributed by atoms with van der Waals surface area (Å²) in [6.07, 6.45) is 1.67. The molecule has 0 aliphatic heterocycles. The summed E-state index contributed by atoms with van der Waals surface area (Å²) in [5.41, 5.74) is 2.49. The highest BCUT2D eigenvalue weighted by atomic mass is 16.5. The van der Waals surface area contributed by atoms with E-state index in [1.54, 1.807) is 37.6 Å². The molecule has 3 rings (SSSR count). The van der Waals surface area contributed by atoms with E-state index in [0.29, 0.717) is 22.9 Å². The van der Waals surface area contributed by atoms with Crippen LogP contribution in [0, 0.1) is 6.92 Å². The van der Waals surface area contributed by atoms with Gasteiger partial charge in [-0.1, -0.05) is 5.16 Å². The second-order valence-electron chi connectivity index (χ2n) is 5.74. The molecule has 1 aromatic heterocycles. The van der Waals surface area contributed by atoms with E-state index in [2.05, 4.69) is 10.1 Å². The normalized spacial score (nSPS) is 10.9. The van der Waals surface area contributed by atoms with Crippen LogP contribution < -0.4 is 9.47 Å². The van der Waals surface area contributed by atoms with Crippen molar-refractivity contribution in [3.05, 3.63) is 71.1 Å². The van der Waals surface area contributed by atoms with Crippen molar-refractivity contribution in [1.82, 2.24) is 5.16 Å². The number of aryl methyl sites for hydroxylation is 1. The molecule has 1 heterocycles. The van der Waals surface area contributed by atoms with Crippen LogP contribution in [0.3, 0.4) is 0 Å². The Hall–Kier alpha value is -3.61. The van der Waals surface area contributed by atoms with Crippen molar-refractivity contribution in [2.75, 3.05) is 7.11 Å². The quantitative estimate of drug-likeness (QED) is 0.635. The predicted octanol–water partition coefficient (Wildman–Crippen LogP) is 4.02. The van der Waals surface area contributed by atoms with Gasteiger partial charge in [0.1, 0.15) is 6.61 Å². The first-order valence-electron chi connectivity index (χ1n) is 8.15. The smallest absolute Gasteiger partial charge is 0.335 e. The van der Waals surface area contributed by atoms with Gasteiger partial charge in [-0.3, -0.25) is 4.99 Å². The number of aromatic carboxylic acids is 1. The molecule has 0 saturated heterocycles. The molecule has 0 aliphatic carbocycles. The fourth-order valence-corrected chi connectivity index (χ4v) is 2.36. The molecule has 7 heteroatoms. The number of ether oxygens (including phenoxy) is 2. The van der Waals surface area contributed by atoms with Gasteiger partial charge in [-0.05, 0) is 55.0 Å². The number of rotatable bonds is 7. The van der Waals surface area contributed by atoms with Crippen LogP contribution in [0.15, 0.2) is 58.0 Å². The van der Waals surface area contributed by atoms with Gasteiger partial charge >= 0.3 is 5.97 Å². The van der Waals surface area contributed by atoms with Gasteiger partial charge in [-0.25, -0.2) is 4.79 Å². The van der Waals surface area contributed by atoms with Gasteiger partial charge in [0, 0.05) is 12.3 Å². The molecule has 7 nitrogen and oxygen atoms in total. The largest absolute Gasteiger partial charge is 0.493 e. The van der Waals surface area contributed by atoms with Gasteiger partial charge in [-0.15, -0.1) is 0 Å². The van der Waals surface area contributed by atoms with Crippen LogP contribution in [0.4, 0.5) is 5.69 Å². The van der Waals surface area contributed by atoms with Crippen LogP contribution in [-0.4, -0.2) is 29.6 Å². The number of hydrogen-bond acceptors (Lipinski definition) is 6. The van der Waals surface area contributed by atoms with Gasteiger partial charge in [0.15, 0.2) is 17.3 Å². The third kappa shape index (κ3) is 4.72. The number of methoxy groups -OCH3 is 1. The monoisotopic (exact) mass is 366 g/mol. The summed E-state index contributed by atoms with van der Waals surface area (Å²) in [5, 5.41) is 12.7. The Morgan fingerprint density at radius 3 is 2.59 bits per heavy atom. The van der Waals surface area contributed by atoms with Crippen molar-refractivity contribution < 1.29 is 23.9 Å². The Morgan fingerprint density at radius 1 is 1.19 bits per heavy atom. The van der Waals surface area contributed by atoms with Gasteiger partial charge in [0.25, 0.3) is 0 Å². The van der Waals surface area contributed by atoms with Crippen LogP contribution in [-0.2, 0) is 6.61 Å². The van der Waals surface area contributed by atoms with Crippen molar-refractivity contribution in [3.63, 3.8) is 0 Å². The number of hydrogen-bond donors (Lipinski definition) is 1. The number of aromatic nitrogens is 1. The topological polar surface area (TPSA) is 94.2 Å². The molecule has 0 bridgehead atoms. The van der Waals surface area contributed by atoms with Crippen molar-refractivity contribution in [2.24, 2.45) is 4.99 Å². The standard InChI is InChI=1S/C20H18N2O5/c1-13-9-17(27-22-13)12-26-18-8-3-14(10-19(18)25-2)11-21-16-6-4-15(5-7-16)20(23)24/h3-11H,12H2,1-2H3,(H,23,24). The average Bonchev–Trinajstić information content (AvgIpc) is 3.10. The summed E-state index contributed by atoms with van der Waals surface area (Å²) < 4.78 is 16.2. The zero-order chi connectivity index (χ0) is 19.2. The zero-order valence-corrected chi connectivity index (χ0v) is 14.9. The van der Waals surface area contributed by atoms with Crippen molar-refractivity contribution in [2.45, 2.75) is 13.5 Å². The molecule has 0 aliphatic rings. The minimum absolute atomic E-state index is 0.221. The van der Waals surface area contributed by atoms with Crippen molar-refractivity contribution in [3.8, 4) is 11.5 Å². The molecule has 0 amide bonds. The first kappa shape index (κ1) is 18.2. The number of carboxylic acids is 1. The van der Waals surface area contributed by atoms with E-state index in [-0.39, 0.29) is 12.2 Å². The summed E-state index contributed by atoms with van der Waals surface area (Å²) in [5.74, 6) is 0.808. The van der Waals surface area contributed by atoms with Crippen LogP contribution in [0.5, 0.6) is 11.5 Å². The van der Waals surface area contributed by atoms with Gasteiger partial charge in [0.2, 0.25) is 0 Å². The molecule has 138 valence electrons. The number of nitrogens with zero attached hydrogens (tertiary/aromatic N) is 2. The fourth-order valence-electron chi connectivity index (χ4n) is 2.36. The Balaban J connectivity index is 1.70. The van der Waals surface area contributed by atoms with Crippen molar-refractivity contribution in [1.29, 1.82) is 0 Å². The first-order chi connectivity index (χ1) is 13.0. The van der Waals surface area contributed by atoms with Gasteiger partial charge < -0.3 is 19.1 Å². The molecule has 0 unspecified atom stereocenters. The van der Waals surface area contributed by atoms with Gasteiger partial charge in [0.05, 0.1) is 24.1 Å². The predicted molar refractivity (Wildman–Crippen MR) is 99.2 cm³/mol. The van der Waals surface area contributed by atoms with E-state index in [1.807, 2.05) is 19.1 Å². The molecular weight excluding hydrogens is 348 g/mol. The number of benzene rings is 2. The summed E-state index contributed by atoms with van der Waals surface area (Å²) in [7, 11) is 1.56. The Morgan fingerprint density at radius 2 is 1.96 bits per heavy atom. The molecule has 2 aromatic carbocycles. The fraction of sp³-hybridized carbons (Fsp3) is 0.150. The van der Waals surface area contributed by atoms with Crippen LogP contribution in [0.1, 0.15) is 27.4 Å². The van der Waals surface area contributed by atoms with E-state index in [9.17, 15) is 4.79 Å². The number of carboxylic acid groups (broad SMARTS) is 1. The highest BCUT2D eigenvalue weighted by Gasteiger charge is 2.08. The molecule has 0 saturated carbocycles. The number of carbonyl (C=O) groups is 1. The van der Waals surface area contributed by atoms with Crippen molar-refractivity contribution >= 4 is 17.9 Å². The zero-order valence-electron chi connectivity index (χ0n) is 14.9. The van der Waals surface area contributed by atoms with E-state index in [1.165, 1.54) is 12.1 Å². The third-order valence-corrected chi connectivity index (χ3v) is 3.71. The lowest BCUT2D eigenvalue weighted by molar-refractivity contribution is 0.0697. The highest BCUT2D eigenvalue weighted by Crippen LogP contribution is 2.28. The number of aliphatic imine (C=N–C) groups is 1. The van der Waals surface area contributed by atoms with Crippen LogP contribution >= 0.6 is 0 Å². The lowest BCUT2D eigenvalue weighted by atomic mass is 10.2. The Bertz CT molecular complexity index is 961. The molecule has 27 heavy (non-hydrogen) atoms. The SMILES string of the molecule is COc1cc(C=Nc2ccc(C(=O)O)cc2)ccc1OCc1cc(C)no1. The molecule has 0 radical (unpaired) electrons. The second kappa shape index (κ2) is 8.18. The molecule has 0 spiro atoms. The van der Waals surface area contributed by atoms with E-state index in [0.717, 1.165) is 11.3 Å². The maximum absolute atomic E-state index is 10.9. The lowest BCUT2D eigenvalue weighted by Crippen LogP contribution is -1.97. The summed E-state index contributed by atoms with van der Waals surface area (Å²) in [6.45, 7) is 2.09. The third-order valence-electron chi connectivity index (χ3n) is 3.71. The minimum atomic E-state index is -0.966. The highest BCUT2D eigenvalue weighted by molar-refractivity contribution is 5.88. The van der Waals surface area contributed by atoms with E-state index >= 15 is 0 Å². The minimum Gasteiger partial charge on any atom is -0.493 e. The van der Waals surface area contributed by atoms with Crippen LogP contribution in [0.2, 0.25) is 0 Å². The average molecular weight is 366 g/mol. The summed E-state index contributed by atoms with van der Waals surface area (Å²) >= 11 is 0. The van der Waals surface area contributed by atoms with E-state index < -0.39 is 5.97 Å². The molecule has 3 aromatic rings. The molecule has 1 N–H and O–H groups in total. The lowest BCUT2D eigenvalue weighted by Gasteiger charge is -2.10. The molecule has 0 fully saturated rings. The maximum Gasteiger partial charge on any atom is 0.335 e. The molecule has 0 atom stereocenters. The van der Waals surface area contributed by atoms with Gasteiger partial charge in [-0.2, -0.15) is 0 Å². The first-order valence-corrected chi connectivity index (χ1v) is 8.15. The maximum atomic E-state index is 10.9.